The van der Waals surface area contributed by atoms with Crippen molar-refractivity contribution in [1.29, 1.82) is 0 Å². The number of benzene rings is 2. The number of cyclic esters (lactones) is 2. The Hall–Kier alpha value is -4.11. The van der Waals surface area contributed by atoms with E-state index in [2.05, 4.69) is 10.6 Å². The third-order valence-corrected chi connectivity index (χ3v) is 7.92. The lowest BCUT2D eigenvalue weighted by molar-refractivity contribution is -0.178. The molecule has 4 atom stereocenters. The number of methoxy groups -OCH3 is 1. The monoisotopic (exact) mass is 652 g/mol. The first kappa shape index (κ1) is 36.4. The Morgan fingerprint density at radius 3 is 2.41 bits per heavy atom. The third kappa shape index (κ3) is 11.1. The minimum atomic E-state index is -1.19. The maximum Gasteiger partial charge on any atom is 0.347 e. The summed E-state index contributed by atoms with van der Waals surface area (Å²) in [7, 11) is 1.51. The van der Waals surface area contributed by atoms with E-state index in [4.69, 9.17) is 25.8 Å². The molecule has 1 heterocycles. The zero-order valence-electron chi connectivity index (χ0n) is 27.4. The van der Waals surface area contributed by atoms with Crippen molar-refractivity contribution in [2.24, 2.45) is 17.3 Å². The van der Waals surface area contributed by atoms with Gasteiger partial charge >= 0.3 is 11.9 Å². The number of amides is 2. The Balaban J connectivity index is 1.93. The summed E-state index contributed by atoms with van der Waals surface area (Å²) in [5, 5.41) is 5.90. The fourth-order valence-corrected chi connectivity index (χ4v) is 5.05. The first-order chi connectivity index (χ1) is 21.8. The van der Waals surface area contributed by atoms with Crippen molar-refractivity contribution in [2.75, 3.05) is 13.7 Å². The lowest BCUT2D eigenvalue weighted by atomic mass is 9.93. The highest BCUT2D eigenvalue weighted by Crippen LogP contribution is 2.26. The minimum Gasteiger partial charge on any atom is -0.495 e. The van der Waals surface area contributed by atoms with Gasteiger partial charge in [-0.15, -0.1) is 0 Å². The van der Waals surface area contributed by atoms with Crippen LogP contribution in [0, 0.1) is 17.3 Å². The Morgan fingerprint density at radius 2 is 1.76 bits per heavy atom. The molecule has 0 unspecified atom stereocenters. The summed E-state index contributed by atoms with van der Waals surface area (Å²) in [4.78, 5) is 53.3. The van der Waals surface area contributed by atoms with E-state index < -0.39 is 47.4 Å². The highest BCUT2D eigenvalue weighted by molar-refractivity contribution is 6.32. The number of nitrogens with one attached hydrogen (secondary N) is 2. The zero-order valence-corrected chi connectivity index (χ0v) is 28.1. The van der Waals surface area contributed by atoms with E-state index >= 15 is 0 Å². The molecule has 248 valence electrons. The van der Waals surface area contributed by atoms with Crippen molar-refractivity contribution >= 4 is 41.4 Å². The summed E-state index contributed by atoms with van der Waals surface area (Å²) in [6.07, 6.45) is 5.63. The van der Waals surface area contributed by atoms with Gasteiger partial charge in [0.1, 0.15) is 17.9 Å². The summed E-state index contributed by atoms with van der Waals surface area (Å²) in [6, 6.07) is 13.9. The molecule has 9 nitrogen and oxygen atoms in total. The number of rotatable bonds is 8. The quantitative estimate of drug-likeness (QED) is 0.351. The van der Waals surface area contributed by atoms with Crippen molar-refractivity contribution in [3.63, 3.8) is 0 Å². The van der Waals surface area contributed by atoms with Gasteiger partial charge in [-0.3, -0.25) is 14.4 Å². The molecule has 2 aromatic carbocycles. The summed E-state index contributed by atoms with van der Waals surface area (Å²) in [5.74, 6) is -2.03. The molecule has 1 aliphatic rings. The second kappa shape index (κ2) is 17.0. The van der Waals surface area contributed by atoms with E-state index in [9.17, 15) is 19.2 Å². The SMILES string of the molecule is COc1ccc(C[C@H]2NC(=O)C=CC[C@@H]([C@H](C)C=Cc3ccccc3)OC(=O)[C@H](CC(C)C)OC(=O)C(C)(C)CNC2=O)cc1Cl. The second-order valence-corrected chi connectivity index (χ2v) is 13.0. The zero-order chi connectivity index (χ0) is 33.9. The van der Waals surface area contributed by atoms with Gasteiger partial charge < -0.3 is 24.8 Å². The normalized spacial score (nSPS) is 22.1. The minimum absolute atomic E-state index is 0.0309. The number of ether oxygens (including phenoxy) is 3. The van der Waals surface area contributed by atoms with Gasteiger partial charge in [0.15, 0.2) is 6.10 Å². The van der Waals surface area contributed by atoms with E-state index in [-0.39, 0.29) is 37.6 Å². The van der Waals surface area contributed by atoms with Crippen LogP contribution in [0.5, 0.6) is 5.75 Å². The van der Waals surface area contributed by atoms with Crippen molar-refractivity contribution in [3.05, 3.63) is 82.9 Å². The molecule has 46 heavy (non-hydrogen) atoms. The lowest BCUT2D eigenvalue weighted by Crippen LogP contribution is -2.51. The van der Waals surface area contributed by atoms with Gasteiger partial charge in [-0.25, -0.2) is 4.79 Å². The molecule has 0 saturated carbocycles. The van der Waals surface area contributed by atoms with E-state index in [1.54, 1.807) is 38.1 Å². The Kier molecular flexibility index (Phi) is 13.4. The molecule has 10 heteroatoms. The van der Waals surface area contributed by atoms with E-state index in [0.717, 1.165) is 5.56 Å². The molecule has 3 rings (SSSR count). The van der Waals surface area contributed by atoms with E-state index in [0.29, 0.717) is 16.3 Å². The van der Waals surface area contributed by atoms with Crippen molar-refractivity contribution < 1.29 is 33.4 Å². The van der Waals surface area contributed by atoms with Crippen LogP contribution in [0.2, 0.25) is 5.02 Å². The van der Waals surface area contributed by atoms with Gasteiger partial charge in [-0.05, 0) is 55.5 Å². The maximum absolute atomic E-state index is 13.5. The highest BCUT2D eigenvalue weighted by Gasteiger charge is 2.37. The van der Waals surface area contributed by atoms with Crippen molar-refractivity contribution in [2.45, 2.75) is 72.1 Å². The topological polar surface area (TPSA) is 120 Å². The van der Waals surface area contributed by atoms with Crippen LogP contribution in [0.15, 0.2) is 66.8 Å². The molecule has 0 aliphatic carbocycles. The number of hydrogen-bond donors (Lipinski definition) is 2. The number of carbonyl (C=O) groups is 4. The third-order valence-electron chi connectivity index (χ3n) is 7.63. The van der Waals surface area contributed by atoms with E-state index in [1.807, 2.05) is 63.3 Å². The van der Waals surface area contributed by atoms with Crippen LogP contribution in [0.4, 0.5) is 0 Å². The molecule has 2 aromatic rings. The molecule has 0 bridgehead atoms. The van der Waals surface area contributed by atoms with Gasteiger partial charge in [0.2, 0.25) is 11.8 Å². The number of halogens is 1. The molecule has 0 fully saturated rings. The summed E-state index contributed by atoms with van der Waals surface area (Å²) in [5.41, 5.74) is 0.497. The standard InChI is InChI=1S/C36H45ClN2O7/c1-23(2)19-31-34(42)45-29(24(3)15-16-25-11-8-7-9-12-25)13-10-14-32(40)39-28(21-26-17-18-30(44-6)27(37)20-26)33(41)38-22-36(4,5)35(43)46-31/h7-12,14-18,20,23-24,28-29,31H,13,19,21-22H2,1-6H3,(H,38,41)(H,39,40)/t24-,28-,29+,31+/m1/s1. The number of carbonyl (C=O) groups excluding carboxylic acids is 4. The first-order valence-electron chi connectivity index (χ1n) is 15.5. The molecule has 2 amide bonds. The smallest absolute Gasteiger partial charge is 0.347 e. The fourth-order valence-electron chi connectivity index (χ4n) is 4.77. The summed E-state index contributed by atoms with van der Waals surface area (Å²) < 4.78 is 17.0. The van der Waals surface area contributed by atoms with Crippen molar-refractivity contribution in [3.8, 4) is 5.75 Å². The first-order valence-corrected chi connectivity index (χ1v) is 15.9. The highest BCUT2D eigenvalue weighted by atomic mass is 35.5. The van der Waals surface area contributed by atoms with Gasteiger partial charge in [0, 0.05) is 25.3 Å². The lowest BCUT2D eigenvalue weighted by Gasteiger charge is -2.29. The molecular formula is C36H45ClN2O7. The Labute approximate surface area is 276 Å². The molecule has 2 N–H and O–H groups in total. The molecule has 0 saturated heterocycles. The Bertz CT molecular complexity index is 1420. The van der Waals surface area contributed by atoms with Crippen LogP contribution in [0.25, 0.3) is 6.08 Å². The van der Waals surface area contributed by atoms with Crippen LogP contribution in [0.3, 0.4) is 0 Å². The van der Waals surface area contributed by atoms with Crippen LogP contribution < -0.4 is 15.4 Å². The molecule has 0 radical (unpaired) electrons. The largest absolute Gasteiger partial charge is 0.495 e. The summed E-state index contributed by atoms with van der Waals surface area (Å²) >= 11 is 6.31. The van der Waals surface area contributed by atoms with Crippen LogP contribution in [0.1, 0.15) is 58.6 Å². The van der Waals surface area contributed by atoms with Gasteiger partial charge in [0.05, 0.1) is 17.5 Å². The number of hydrogen-bond acceptors (Lipinski definition) is 7. The molecule has 0 aromatic heterocycles. The van der Waals surface area contributed by atoms with Crippen LogP contribution in [-0.4, -0.2) is 55.7 Å². The molecular weight excluding hydrogens is 608 g/mol. The average molecular weight is 653 g/mol. The Morgan fingerprint density at radius 1 is 1.04 bits per heavy atom. The van der Waals surface area contributed by atoms with Gasteiger partial charge in [-0.2, -0.15) is 0 Å². The van der Waals surface area contributed by atoms with Crippen molar-refractivity contribution in [1.82, 2.24) is 10.6 Å². The second-order valence-electron chi connectivity index (χ2n) is 12.6. The number of esters is 2. The summed E-state index contributed by atoms with van der Waals surface area (Å²) in [6.45, 7) is 8.90. The molecule has 1 aliphatic heterocycles. The predicted molar refractivity (Wildman–Crippen MR) is 178 cm³/mol. The van der Waals surface area contributed by atoms with Crippen LogP contribution >= 0.6 is 11.6 Å². The predicted octanol–water partition coefficient (Wildman–Crippen LogP) is 5.70. The van der Waals surface area contributed by atoms with Gasteiger partial charge in [-0.1, -0.05) is 87.0 Å². The maximum atomic E-state index is 13.5. The van der Waals surface area contributed by atoms with Gasteiger partial charge in [0.25, 0.3) is 0 Å². The fraction of sp³-hybridized carbons (Fsp3) is 0.444. The van der Waals surface area contributed by atoms with E-state index in [1.165, 1.54) is 13.2 Å². The average Bonchev–Trinajstić information content (AvgIpc) is 3.01. The molecule has 0 spiro atoms. The van der Waals surface area contributed by atoms with Crippen LogP contribution in [-0.2, 0) is 35.1 Å².